The Morgan fingerprint density at radius 3 is 2.89 bits per heavy atom. The van der Waals surface area contributed by atoms with Crippen LogP contribution in [0.25, 0.3) is 5.69 Å². The van der Waals surface area contributed by atoms with Gasteiger partial charge in [0.05, 0.1) is 5.69 Å². The zero-order chi connectivity index (χ0) is 13.8. The number of hydrogen-bond acceptors (Lipinski definition) is 5. The molecule has 0 fully saturated rings. The maximum absolute atomic E-state index is 11.7. The molecule has 2 rings (SSSR count). The molecule has 19 heavy (non-hydrogen) atoms. The second-order valence-electron chi connectivity index (χ2n) is 4.38. The summed E-state index contributed by atoms with van der Waals surface area (Å²) in [4.78, 5) is 11.7. The number of nitrogens with one attached hydrogen (secondary N) is 1. The molecule has 1 atom stereocenters. The van der Waals surface area contributed by atoms with Crippen LogP contribution < -0.4 is 11.1 Å². The zero-order valence-electron chi connectivity index (χ0n) is 10.9. The Hall–Kier alpha value is -2.28. The van der Waals surface area contributed by atoms with Gasteiger partial charge in [-0.1, -0.05) is 6.92 Å². The topological polar surface area (TPSA) is 98.7 Å². The van der Waals surface area contributed by atoms with E-state index in [4.69, 9.17) is 5.73 Å². The number of benzene rings is 1. The lowest BCUT2D eigenvalue weighted by Crippen LogP contribution is -2.26. The van der Waals surface area contributed by atoms with Crippen molar-refractivity contribution in [2.45, 2.75) is 13.8 Å². The van der Waals surface area contributed by atoms with Crippen LogP contribution in [0, 0.1) is 12.8 Å². The Morgan fingerprint density at radius 2 is 2.32 bits per heavy atom. The predicted molar refractivity (Wildman–Crippen MR) is 70.7 cm³/mol. The van der Waals surface area contributed by atoms with Crippen LogP contribution in [0.5, 0.6) is 0 Å². The summed E-state index contributed by atoms with van der Waals surface area (Å²) >= 11 is 0. The Kier molecular flexibility index (Phi) is 3.86. The van der Waals surface area contributed by atoms with Crippen LogP contribution in [-0.2, 0) is 4.79 Å². The second-order valence-corrected chi connectivity index (χ2v) is 4.38. The van der Waals surface area contributed by atoms with E-state index in [0.717, 1.165) is 16.9 Å². The maximum Gasteiger partial charge on any atom is 0.228 e. The van der Waals surface area contributed by atoms with Crippen molar-refractivity contribution in [3.05, 3.63) is 30.1 Å². The second kappa shape index (κ2) is 5.57. The number of hydrogen-bond donors (Lipinski definition) is 2. The Labute approximate surface area is 110 Å². The average molecular weight is 260 g/mol. The molecule has 100 valence electrons. The Bertz CT molecular complexity index is 566. The maximum atomic E-state index is 11.7. The molecule has 0 radical (unpaired) electrons. The highest BCUT2D eigenvalue weighted by Gasteiger charge is 2.11. The van der Waals surface area contributed by atoms with Gasteiger partial charge in [-0.05, 0) is 41.1 Å². The van der Waals surface area contributed by atoms with Gasteiger partial charge in [-0.15, -0.1) is 5.10 Å². The zero-order valence-corrected chi connectivity index (χ0v) is 10.9. The first kappa shape index (κ1) is 13.2. The van der Waals surface area contributed by atoms with Gasteiger partial charge in [-0.2, -0.15) is 0 Å². The van der Waals surface area contributed by atoms with Crippen LogP contribution in [0.3, 0.4) is 0 Å². The first-order chi connectivity index (χ1) is 9.11. The van der Waals surface area contributed by atoms with Gasteiger partial charge in [0.2, 0.25) is 5.91 Å². The third-order valence-electron chi connectivity index (χ3n) is 2.86. The van der Waals surface area contributed by atoms with E-state index < -0.39 is 0 Å². The number of aromatic nitrogens is 4. The van der Waals surface area contributed by atoms with E-state index in [1.54, 1.807) is 11.6 Å². The van der Waals surface area contributed by atoms with Gasteiger partial charge in [0.25, 0.3) is 0 Å². The van der Waals surface area contributed by atoms with E-state index >= 15 is 0 Å². The fourth-order valence-corrected chi connectivity index (χ4v) is 1.63. The van der Waals surface area contributed by atoms with Crippen molar-refractivity contribution < 1.29 is 4.79 Å². The molecule has 1 aromatic carbocycles. The SMILES string of the molecule is Cc1cc(NC(=O)C(C)CN)ccc1-n1cnnn1. The molecule has 7 nitrogen and oxygen atoms in total. The minimum absolute atomic E-state index is 0.0860. The largest absolute Gasteiger partial charge is 0.330 e. The van der Waals surface area contributed by atoms with Gasteiger partial charge in [0.15, 0.2) is 0 Å². The van der Waals surface area contributed by atoms with Crippen LogP contribution in [0.1, 0.15) is 12.5 Å². The summed E-state index contributed by atoms with van der Waals surface area (Å²) in [6, 6.07) is 5.54. The van der Waals surface area contributed by atoms with Crippen molar-refractivity contribution in [2.24, 2.45) is 11.7 Å². The summed E-state index contributed by atoms with van der Waals surface area (Å²) in [5.41, 5.74) is 8.03. The standard InChI is InChI=1S/C12H16N6O/c1-8-5-10(15-12(19)9(2)6-13)3-4-11(8)18-7-14-16-17-18/h3-5,7,9H,6,13H2,1-2H3,(H,15,19). The van der Waals surface area contributed by atoms with Crippen LogP contribution in [0.2, 0.25) is 0 Å². The number of nitrogens with zero attached hydrogens (tertiary/aromatic N) is 4. The minimum atomic E-state index is -0.209. The third kappa shape index (κ3) is 2.94. The number of rotatable bonds is 4. The van der Waals surface area contributed by atoms with E-state index in [-0.39, 0.29) is 11.8 Å². The molecule has 1 aromatic heterocycles. The molecule has 7 heteroatoms. The van der Waals surface area contributed by atoms with E-state index in [2.05, 4.69) is 20.8 Å². The quantitative estimate of drug-likeness (QED) is 0.834. The van der Waals surface area contributed by atoms with E-state index in [0.29, 0.717) is 6.54 Å². The molecule has 0 spiro atoms. The van der Waals surface area contributed by atoms with Gasteiger partial charge in [-0.25, -0.2) is 4.68 Å². The molecule has 1 heterocycles. The number of tetrazole rings is 1. The highest BCUT2D eigenvalue weighted by molar-refractivity contribution is 5.92. The number of nitrogens with two attached hydrogens (primary N) is 1. The summed E-state index contributed by atoms with van der Waals surface area (Å²) in [5.74, 6) is -0.295. The predicted octanol–water partition coefficient (Wildman–Crippen LogP) is 0.504. The lowest BCUT2D eigenvalue weighted by atomic mass is 10.1. The molecule has 0 bridgehead atoms. The molecule has 0 aliphatic carbocycles. The monoisotopic (exact) mass is 260 g/mol. The van der Waals surface area contributed by atoms with Crippen LogP contribution >= 0.6 is 0 Å². The lowest BCUT2D eigenvalue weighted by Gasteiger charge is -2.12. The van der Waals surface area contributed by atoms with Gasteiger partial charge in [0, 0.05) is 18.2 Å². The fourth-order valence-electron chi connectivity index (χ4n) is 1.63. The Morgan fingerprint density at radius 1 is 1.53 bits per heavy atom. The number of aryl methyl sites for hydroxylation is 1. The van der Waals surface area contributed by atoms with Crippen molar-refractivity contribution >= 4 is 11.6 Å². The smallest absolute Gasteiger partial charge is 0.228 e. The third-order valence-corrected chi connectivity index (χ3v) is 2.86. The highest BCUT2D eigenvalue weighted by atomic mass is 16.1. The van der Waals surface area contributed by atoms with Crippen molar-refractivity contribution in [1.82, 2.24) is 20.2 Å². The summed E-state index contributed by atoms with van der Waals surface area (Å²) in [7, 11) is 0. The number of amides is 1. The molecular formula is C12H16N6O. The minimum Gasteiger partial charge on any atom is -0.330 e. The van der Waals surface area contributed by atoms with Crippen LogP contribution in [0.15, 0.2) is 24.5 Å². The normalized spacial score (nSPS) is 12.2. The fraction of sp³-hybridized carbons (Fsp3) is 0.333. The van der Waals surface area contributed by atoms with E-state index in [9.17, 15) is 4.79 Å². The molecule has 1 unspecified atom stereocenters. The molecule has 1 amide bonds. The molecule has 3 N–H and O–H groups in total. The Balaban J connectivity index is 2.18. The number of carbonyl (C=O) groups is 1. The van der Waals surface area contributed by atoms with E-state index in [1.165, 1.54) is 6.33 Å². The number of carbonyl (C=O) groups excluding carboxylic acids is 1. The molecule has 2 aromatic rings. The summed E-state index contributed by atoms with van der Waals surface area (Å²) in [6.45, 7) is 4.05. The van der Waals surface area contributed by atoms with Gasteiger partial charge in [-0.3, -0.25) is 4.79 Å². The van der Waals surface area contributed by atoms with Gasteiger partial charge >= 0.3 is 0 Å². The summed E-state index contributed by atoms with van der Waals surface area (Å²) in [5, 5.41) is 13.8. The molecule has 0 saturated carbocycles. The summed E-state index contributed by atoms with van der Waals surface area (Å²) < 4.78 is 1.57. The molecular weight excluding hydrogens is 244 g/mol. The van der Waals surface area contributed by atoms with E-state index in [1.807, 2.05) is 25.1 Å². The lowest BCUT2D eigenvalue weighted by molar-refractivity contribution is -0.119. The van der Waals surface area contributed by atoms with Crippen molar-refractivity contribution in [2.75, 3.05) is 11.9 Å². The number of anilines is 1. The molecule has 0 aliphatic heterocycles. The molecule has 0 aliphatic rings. The molecule has 0 saturated heterocycles. The van der Waals surface area contributed by atoms with Crippen LogP contribution in [-0.4, -0.2) is 32.7 Å². The highest BCUT2D eigenvalue weighted by Crippen LogP contribution is 2.18. The van der Waals surface area contributed by atoms with Crippen molar-refractivity contribution in [1.29, 1.82) is 0 Å². The van der Waals surface area contributed by atoms with Gasteiger partial charge < -0.3 is 11.1 Å². The van der Waals surface area contributed by atoms with Crippen LogP contribution in [0.4, 0.5) is 5.69 Å². The van der Waals surface area contributed by atoms with Crippen molar-refractivity contribution in [3.63, 3.8) is 0 Å². The van der Waals surface area contributed by atoms with Gasteiger partial charge in [0.1, 0.15) is 6.33 Å². The van der Waals surface area contributed by atoms with Crippen molar-refractivity contribution in [3.8, 4) is 5.69 Å². The first-order valence-electron chi connectivity index (χ1n) is 5.96. The average Bonchev–Trinajstić information content (AvgIpc) is 2.91. The summed E-state index contributed by atoms with van der Waals surface area (Å²) in [6.07, 6.45) is 1.52. The first-order valence-corrected chi connectivity index (χ1v) is 5.96.